The van der Waals surface area contributed by atoms with Crippen LogP contribution in [0.25, 0.3) is 0 Å². The number of rotatable bonds is 4. The zero-order chi connectivity index (χ0) is 12.8. The van der Waals surface area contributed by atoms with Gasteiger partial charge in [-0.15, -0.1) is 0 Å². The summed E-state index contributed by atoms with van der Waals surface area (Å²) in [7, 11) is 0. The topological polar surface area (TPSA) is 58.6 Å². The van der Waals surface area contributed by atoms with E-state index in [1.54, 1.807) is 0 Å². The first-order valence-electron chi connectivity index (χ1n) is 6.81. The second-order valence-electron chi connectivity index (χ2n) is 5.36. The fourth-order valence-electron chi connectivity index (χ4n) is 2.64. The molecule has 1 amide bonds. The fraction of sp³-hybridized carbons (Fsp3) is 0.923. The van der Waals surface area contributed by atoms with Gasteiger partial charge in [0, 0.05) is 19.6 Å². The Balaban J connectivity index is 1.81. The van der Waals surface area contributed by atoms with Crippen molar-refractivity contribution in [3.05, 3.63) is 0 Å². The molecule has 2 aliphatic heterocycles. The Labute approximate surface area is 113 Å². The molecule has 2 fully saturated rings. The molecule has 18 heavy (non-hydrogen) atoms. The van der Waals surface area contributed by atoms with Gasteiger partial charge in [-0.05, 0) is 43.1 Å². The van der Waals surface area contributed by atoms with Gasteiger partial charge >= 0.3 is 0 Å². The van der Waals surface area contributed by atoms with Gasteiger partial charge in [-0.3, -0.25) is 4.79 Å². The molecule has 0 unspecified atom stereocenters. The predicted molar refractivity (Wildman–Crippen MR) is 72.7 cm³/mol. The van der Waals surface area contributed by atoms with Crippen molar-refractivity contribution < 1.29 is 14.6 Å². The average Bonchev–Trinajstić information content (AvgIpc) is 2.41. The maximum absolute atomic E-state index is 12.1. The SMILES string of the molecule is O=C(CC1CCSCC1)NC1(CO)CCOCC1. The third-order valence-corrected chi connectivity index (χ3v) is 5.02. The van der Waals surface area contributed by atoms with Crippen LogP contribution in [-0.4, -0.2) is 47.9 Å². The number of hydrogen-bond acceptors (Lipinski definition) is 4. The summed E-state index contributed by atoms with van der Waals surface area (Å²) in [5, 5.41) is 12.6. The molecule has 0 aliphatic carbocycles. The maximum atomic E-state index is 12.1. The van der Waals surface area contributed by atoms with E-state index in [1.165, 1.54) is 11.5 Å². The summed E-state index contributed by atoms with van der Waals surface area (Å²) in [6, 6.07) is 0. The number of carbonyl (C=O) groups excluding carboxylic acids is 1. The van der Waals surface area contributed by atoms with E-state index in [-0.39, 0.29) is 12.5 Å². The van der Waals surface area contributed by atoms with Gasteiger partial charge in [-0.1, -0.05) is 0 Å². The van der Waals surface area contributed by atoms with Gasteiger partial charge in [-0.2, -0.15) is 11.8 Å². The third kappa shape index (κ3) is 3.87. The molecular formula is C13H23NO3S. The van der Waals surface area contributed by atoms with Crippen molar-refractivity contribution >= 4 is 17.7 Å². The molecule has 2 rings (SSSR count). The van der Waals surface area contributed by atoms with E-state index in [2.05, 4.69) is 5.32 Å². The van der Waals surface area contributed by atoms with Crippen molar-refractivity contribution in [1.82, 2.24) is 5.32 Å². The van der Waals surface area contributed by atoms with Crippen molar-refractivity contribution in [3.8, 4) is 0 Å². The van der Waals surface area contributed by atoms with Crippen molar-refractivity contribution in [2.24, 2.45) is 5.92 Å². The third-order valence-electron chi connectivity index (χ3n) is 3.97. The highest BCUT2D eigenvalue weighted by Crippen LogP contribution is 2.26. The lowest BCUT2D eigenvalue weighted by atomic mass is 9.90. The molecule has 0 aromatic carbocycles. The number of ether oxygens (including phenoxy) is 1. The minimum atomic E-state index is -0.432. The number of aliphatic hydroxyl groups excluding tert-OH is 1. The van der Waals surface area contributed by atoms with Crippen LogP contribution in [0.5, 0.6) is 0 Å². The number of nitrogens with one attached hydrogen (secondary N) is 1. The number of hydrogen-bond donors (Lipinski definition) is 2. The first-order chi connectivity index (χ1) is 8.74. The molecule has 0 radical (unpaired) electrons. The van der Waals surface area contributed by atoms with Crippen LogP contribution >= 0.6 is 11.8 Å². The van der Waals surface area contributed by atoms with E-state index >= 15 is 0 Å². The number of aliphatic hydroxyl groups is 1. The van der Waals surface area contributed by atoms with Gasteiger partial charge in [0.05, 0.1) is 12.1 Å². The smallest absolute Gasteiger partial charge is 0.220 e. The first kappa shape index (κ1) is 14.2. The second kappa shape index (κ2) is 6.78. The van der Waals surface area contributed by atoms with Crippen molar-refractivity contribution in [3.63, 3.8) is 0 Å². The monoisotopic (exact) mass is 273 g/mol. The summed E-state index contributed by atoms with van der Waals surface area (Å²) in [4.78, 5) is 12.1. The molecule has 2 N–H and O–H groups in total. The lowest BCUT2D eigenvalue weighted by Crippen LogP contribution is -2.54. The Bertz CT molecular complexity index is 273. The van der Waals surface area contributed by atoms with Gasteiger partial charge in [0.25, 0.3) is 0 Å². The molecule has 0 aromatic heterocycles. The van der Waals surface area contributed by atoms with E-state index in [0.29, 0.717) is 25.6 Å². The van der Waals surface area contributed by atoms with Crippen molar-refractivity contribution in [2.75, 3.05) is 31.3 Å². The Morgan fingerprint density at radius 1 is 1.33 bits per heavy atom. The normalized spacial score (nSPS) is 24.7. The van der Waals surface area contributed by atoms with Gasteiger partial charge < -0.3 is 15.2 Å². The molecule has 0 atom stereocenters. The molecule has 5 heteroatoms. The highest BCUT2D eigenvalue weighted by atomic mass is 32.2. The number of thioether (sulfide) groups is 1. The van der Waals surface area contributed by atoms with Gasteiger partial charge in [0.15, 0.2) is 0 Å². The van der Waals surface area contributed by atoms with Crippen LogP contribution in [0.15, 0.2) is 0 Å². The summed E-state index contributed by atoms with van der Waals surface area (Å²) in [5.74, 6) is 2.98. The van der Waals surface area contributed by atoms with E-state index in [1.807, 2.05) is 11.8 Å². The van der Waals surface area contributed by atoms with Crippen LogP contribution in [0.1, 0.15) is 32.1 Å². The summed E-state index contributed by atoms with van der Waals surface area (Å²) >= 11 is 1.98. The lowest BCUT2D eigenvalue weighted by Gasteiger charge is -2.36. The largest absolute Gasteiger partial charge is 0.394 e. The predicted octanol–water partition coefficient (Wildman–Crippen LogP) is 1.18. The van der Waals surface area contributed by atoms with Crippen LogP contribution < -0.4 is 5.32 Å². The molecule has 0 saturated carbocycles. The van der Waals surface area contributed by atoms with Crippen molar-refractivity contribution in [1.29, 1.82) is 0 Å². The highest BCUT2D eigenvalue weighted by Gasteiger charge is 2.33. The van der Waals surface area contributed by atoms with E-state index < -0.39 is 5.54 Å². The van der Waals surface area contributed by atoms with Crippen LogP contribution in [0.2, 0.25) is 0 Å². The molecule has 104 valence electrons. The standard InChI is InChI=1S/C13H23NO3S/c15-10-13(3-5-17-6-4-13)14-12(16)9-11-1-7-18-8-2-11/h11,15H,1-10H2,(H,14,16). The van der Waals surface area contributed by atoms with Crippen LogP contribution in [0.4, 0.5) is 0 Å². The Morgan fingerprint density at radius 3 is 2.61 bits per heavy atom. The van der Waals surface area contributed by atoms with Gasteiger partial charge in [0.2, 0.25) is 5.91 Å². The molecule has 0 bridgehead atoms. The summed E-state index contributed by atoms with van der Waals surface area (Å²) in [5.41, 5.74) is -0.432. The lowest BCUT2D eigenvalue weighted by molar-refractivity contribution is -0.126. The van der Waals surface area contributed by atoms with E-state index in [0.717, 1.165) is 25.7 Å². The van der Waals surface area contributed by atoms with Crippen LogP contribution in [0.3, 0.4) is 0 Å². The van der Waals surface area contributed by atoms with Crippen LogP contribution in [0, 0.1) is 5.92 Å². The molecule has 4 nitrogen and oxygen atoms in total. The molecule has 0 spiro atoms. The maximum Gasteiger partial charge on any atom is 0.220 e. The number of carbonyl (C=O) groups is 1. The summed E-state index contributed by atoms with van der Waals surface area (Å²) in [6.45, 7) is 1.27. The quantitative estimate of drug-likeness (QED) is 0.807. The minimum absolute atomic E-state index is 0.0165. The summed E-state index contributed by atoms with van der Waals surface area (Å²) in [6.07, 6.45) is 4.34. The van der Waals surface area contributed by atoms with Gasteiger partial charge in [0.1, 0.15) is 0 Å². The average molecular weight is 273 g/mol. The molecule has 2 saturated heterocycles. The van der Waals surface area contributed by atoms with Crippen molar-refractivity contribution in [2.45, 2.75) is 37.6 Å². The first-order valence-corrected chi connectivity index (χ1v) is 7.97. The number of amides is 1. The zero-order valence-electron chi connectivity index (χ0n) is 10.8. The highest BCUT2D eigenvalue weighted by molar-refractivity contribution is 7.99. The van der Waals surface area contributed by atoms with Crippen LogP contribution in [-0.2, 0) is 9.53 Å². The van der Waals surface area contributed by atoms with Gasteiger partial charge in [-0.25, -0.2) is 0 Å². The fourth-order valence-corrected chi connectivity index (χ4v) is 3.85. The Kier molecular flexibility index (Phi) is 5.33. The Hall–Kier alpha value is -0.260. The zero-order valence-corrected chi connectivity index (χ0v) is 11.6. The second-order valence-corrected chi connectivity index (χ2v) is 6.58. The minimum Gasteiger partial charge on any atom is -0.394 e. The molecule has 2 heterocycles. The van der Waals surface area contributed by atoms with E-state index in [4.69, 9.17) is 4.74 Å². The molecule has 2 aliphatic rings. The molecular weight excluding hydrogens is 250 g/mol. The van der Waals surface area contributed by atoms with E-state index in [9.17, 15) is 9.90 Å². The molecule has 0 aromatic rings. The summed E-state index contributed by atoms with van der Waals surface area (Å²) < 4.78 is 5.29. The Morgan fingerprint density at radius 2 is 2.00 bits per heavy atom.